The normalized spacial score (nSPS) is 27.6. The van der Waals surface area contributed by atoms with E-state index in [2.05, 4.69) is 19.1 Å². The van der Waals surface area contributed by atoms with Gasteiger partial charge in [-0.2, -0.15) is 0 Å². The fourth-order valence-electron chi connectivity index (χ4n) is 3.29. The van der Waals surface area contributed by atoms with E-state index in [0.29, 0.717) is 25.7 Å². The molecule has 4 N–H and O–H groups in total. The molecule has 152 valence electrons. The lowest BCUT2D eigenvalue weighted by Gasteiger charge is -2.19. The van der Waals surface area contributed by atoms with Gasteiger partial charge in [0, 0.05) is 18.8 Å². The summed E-state index contributed by atoms with van der Waals surface area (Å²) in [7, 11) is 0. The Balaban J connectivity index is 2.49. The van der Waals surface area contributed by atoms with Crippen LogP contribution in [0.3, 0.4) is 0 Å². The summed E-state index contributed by atoms with van der Waals surface area (Å²) in [5.41, 5.74) is 0. The molecule has 1 rings (SSSR count). The number of hydrogen-bond donors (Lipinski definition) is 4. The molecule has 1 saturated carbocycles. The SMILES string of the molecule is CC/C=C\C/C=C\C[C@@H](O)/C=C/[C@@H]1[C@@H](C/C=C\CCC(=O)O)[C@@H](O)C[C@H]1O. The van der Waals surface area contributed by atoms with Gasteiger partial charge in [-0.1, -0.05) is 55.5 Å². The van der Waals surface area contributed by atoms with Crippen molar-refractivity contribution in [3.63, 3.8) is 0 Å². The Labute approximate surface area is 162 Å². The molecule has 0 spiro atoms. The van der Waals surface area contributed by atoms with Gasteiger partial charge in [-0.15, -0.1) is 0 Å². The van der Waals surface area contributed by atoms with E-state index in [1.165, 1.54) is 0 Å². The number of carbonyl (C=O) groups is 1. The first kappa shape index (κ1) is 23.3. The van der Waals surface area contributed by atoms with Crippen molar-refractivity contribution in [1.82, 2.24) is 0 Å². The molecule has 0 amide bonds. The van der Waals surface area contributed by atoms with Gasteiger partial charge >= 0.3 is 5.97 Å². The average molecular weight is 379 g/mol. The zero-order valence-electron chi connectivity index (χ0n) is 16.2. The van der Waals surface area contributed by atoms with Gasteiger partial charge in [0.2, 0.25) is 0 Å². The molecule has 0 aromatic rings. The topological polar surface area (TPSA) is 98.0 Å². The molecular formula is C22H34O5. The Bertz CT molecular complexity index is 535. The summed E-state index contributed by atoms with van der Waals surface area (Å²) in [4.78, 5) is 10.5. The van der Waals surface area contributed by atoms with E-state index in [1.54, 1.807) is 12.2 Å². The summed E-state index contributed by atoms with van der Waals surface area (Å²) in [6, 6.07) is 0. The molecule has 1 aliphatic carbocycles. The van der Waals surface area contributed by atoms with E-state index in [1.807, 2.05) is 24.3 Å². The highest BCUT2D eigenvalue weighted by molar-refractivity contribution is 5.66. The molecule has 0 saturated heterocycles. The van der Waals surface area contributed by atoms with Crippen molar-refractivity contribution >= 4 is 5.97 Å². The summed E-state index contributed by atoms with van der Waals surface area (Å²) in [6.07, 6.45) is 17.3. The van der Waals surface area contributed by atoms with E-state index >= 15 is 0 Å². The van der Waals surface area contributed by atoms with Crippen LogP contribution in [-0.2, 0) is 4.79 Å². The number of carboxylic acid groups (broad SMARTS) is 1. The largest absolute Gasteiger partial charge is 0.481 e. The molecular weight excluding hydrogens is 344 g/mol. The molecule has 27 heavy (non-hydrogen) atoms. The maximum Gasteiger partial charge on any atom is 0.303 e. The van der Waals surface area contributed by atoms with Crippen LogP contribution in [-0.4, -0.2) is 44.7 Å². The molecule has 1 fully saturated rings. The molecule has 0 aliphatic heterocycles. The number of allylic oxidation sites excluding steroid dienone is 5. The van der Waals surface area contributed by atoms with E-state index in [-0.39, 0.29) is 18.3 Å². The third-order valence-electron chi connectivity index (χ3n) is 4.79. The zero-order valence-corrected chi connectivity index (χ0v) is 16.2. The minimum Gasteiger partial charge on any atom is -0.481 e. The minimum atomic E-state index is -0.832. The fraction of sp³-hybridized carbons (Fsp3) is 0.591. The quantitative estimate of drug-likeness (QED) is 0.390. The van der Waals surface area contributed by atoms with Gasteiger partial charge in [0.05, 0.1) is 18.3 Å². The lowest BCUT2D eigenvalue weighted by molar-refractivity contribution is -0.136. The van der Waals surface area contributed by atoms with Crippen LogP contribution in [0.4, 0.5) is 0 Å². The van der Waals surface area contributed by atoms with Gasteiger partial charge in [-0.25, -0.2) is 0 Å². The van der Waals surface area contributed by atoms with Crippen LogP contribution in [0.5, 0.6) is 0 Å². The first-order valence-corrected chi connectivity index (χ1v) is 9.85. The lowest BCUT2D eigenvalue weighted by Crippen LogP contribution is -2.20. The summed E-state index contributed by atoms with van der Waals surface area (Å²) in [5, 5.41) is 39.1. The van der Waals surface area contributed by atoms with E-state index < -0.39 is 24.3 Å². The second-order valence-corrected chi connectivity index (χ2v) is 7.03. The number of carboxylic acids is 1. The molecule has 0 unspecified atom stereocenters. The van der Waals surface area contributed by atoms with Crippen molar-refractivity contribution in [3.05, 3.63) is 48.6 Å². The fourth-order valence-corrected chi connectivity index (χ4v) is 3.29. The number of hydrogen-bond acceptors (Lipinski definition) is 4. The number of aliphatic carboxylic acids is 1. The molecule has 0 radical (unpaired) electrons. The Morgan fingerprint density at radius 3 is 2.52 bits per heavy atom. The predicted molar refractivity (Wildman–Crippen MR) is 107 cm³/mol. The first-order valence-electron chi connectivity index (χ1n) is 9.85. The van der Waals surface area contributed by atoms with E-state index in [4.69, 9.17) is 5.11 Å². The molecule has 0 heterocycles. The molecule has 0 aromatic carbocycles. The molecule has 5 nitrogen and oxygen atoms in total. The van der Waals surface area contributed by atoms with Crippen LogP contribution in [0.15, 0.2) is 48.6 Å². The van der Waals surface area contributed by atoms with Crippen LogP contribution in [0, 0.1) is 11.8 Å². The lowest BCUT2D eigenvalue weighted by atomic mass is 9.89. The zero-order chi connectivity index (χ0) is 20.1. The Hall–Kier alpha value is -1.69. The van der Waals surface area contributed by atoms with Crippen LogP contribution in [0.1, 0.15) is 51.9 Å². The van der Waals surface area contributed by atoms with Gasteiger partial charge in [0.1, 0.15) is 0 Å². The second-order valence-electron chi connectivity index (χ2n) is 7.03. The molecule has 5 atom stereocenters. The maximum absolute atomic E-state index is 10.5. The number of rotatable bonds is 12. The third-order valence-corrected chi connectivity index (χ3v) is 4.79. The Morgan fingerprint density at radius 1 is 1.07 bits per heavy atom. The Morgan fingerprint density at radius 2 is 1.81 bits per heavy atom. The number of aliphatic hydroxyl groups is 3. The second kappa shape index (κ2) is 13.5. The average Bonchev–Trinajstić information content (AvgIpc) is 2.88. The summed E-state index contributed by atoms with van der Waals surface area (Å²) >= 11 is 0. The maximum atomic E-state index is 10.5. The highest BCUT2D eigenvalue weighted by atomic mass is 16.4. The van der Waals surface area contributed by atoms with E-state index in [0.717, 1.165) is 12.8 Å². The van der Waals surface area contributed by atoms with Gasteiger partial charge in [-0.05, 0) is 38.0 Å². The van der Waals surface area contributed by atoms with Crippen molar-refractivity contribution in [1.29, 1.82) is 0 Å². The first-order chi connectivity index (χ1) is 13.0. The van der Waals surface area contributed by atoms with Crippen LogP contribution in [0.25, 0.3) is 0 Å². The van der Waals surface area contributed by atoms with Crippen LogP contribution < -0.4 is 0 Å². The smallest absolute Gasteiger partial charge is 0.303 e. The molecule has 0 bridgehead atoms. The van der Waals surface area contributed by atoms with Gasteiger partial charge in [-0.3, -0.25) is 4.79 Å². The highest BCUT2D eigenvalue weighted by Gasteiger charge is 2.39. The highest BCUT2D eigenvalue weighted by Crippen LogP contribution is 2.36. The summed E-state index contributed by atoms with van der Waals surface area (Å²) in [5.74, 6) is -1.17. The van der Waals surface area contributed by atoms with Gasteiger partial charge in [0.15, 0.2) is 0 Å². The summed E-state index contributed by atoms with van der Waals surface area (Å²) < 4.78 is 0. The van der Waals surface area contributed by atoms with Crippen LogP contribution in [0.2, 0.25) is 0 Å². The molecule has 5 heteroatoms. The number of aliphatic hydroxyl groups excluding tert-OH is 3. The minimum absolute atomic E-state index is 0.0869. The van der Waals surface area contributed by atoms with Gasteiger partial charge < -0.3 is 20.4 Å². The summed E-state index contributed by atoms with van der Waals surface area (Å²) in [6.45, 7) is 2.09. The van der Waals surface area contributed by atoms with Crippen molar-refractivity contribution < 1.29 is 25.2 Å². The standard InChI is InChI=1S/C22H34O5/c1-2-3-4-5-6-8-11-17(23)14-15-19-18(20(24)16-21(19)25)12-9-7-10-13-22(26)27/h3-4,6-9,14-15,17-21,23-25H,2,5,10-13,16H2,1H3,(H,26,27)/b4-3-,8-6-,9-7-,15-14+/t17-,18-,19-,20+,21-/m1/s1. The van der Waals surface area contributed by atoms with Crippen molar-refractivity contribution in [2.75, 3.05) is 0 Å². The van der Waals surface area contributed by atoms with Gasteiger partial charge in [0.25, 0.3) is 0 Å². The van der Waals surface area contributed by atoms with E-state index in [9.17, 15) is 20.1 Å². The molecule has 1 aliphatic rings. The molecule has 0 aromatic heterocycles. The third kappa shape index (κ3) is 9.70. The predicted octanol–water partition coefficient (Wildman–Crippen LogP) is 3.38. The van der Waals surface area contributed by atoms with Crippen molar-refractivity contribution in [3.8, 4) is 0 Å². The van der Waals surface area contributed by atoms with Crippen LogP contribution >= 0.6 is 0 Å². The van der Waals surface area contributed by atoms with Crippen molar-refractivity contribution in [2.45, 2.75) is 70.2 Å². The Kier molecular flexibility index (Phi) is 11.7. The monoisotopic (exact) mass is 378 g/mol. The van der Waals surface area contributed by atoms with Crippen molar-refractivity contribution in [2.24, 2.45) is 11.8 Å².